The van der Waals surface area contributed by atoms with E-state index >= 15 is 0 Å². The number of amidine groups is 2. The number of benzene rings is 1. The minimum absolute atomic E-state index is 0.0119. The zero-order valence-electron chi connectivity index (χ0n) is 14.7. The molecule has 1 amide bonds. The van der Waals surface area contributed by atoms with Crippen LogP contribution in [0.4, 0.5) is 4.39 Å². The molecule has 1 aromatic carbocycles. The van der Waals surface area contributed by atoms with Crippen LogP contribution in [0.5, 0.6) is 0 Å². The summed E-state index contributed by atoms with van der Waals surface area (Å²) in [4.78, 5) is 16.4. The van der Waals surface area contributed by atoms with Crippen LogP contribution in [0.15, 0.2) is 39.9 Å². The van der Waals surface area contributed by atoms with Crippen LogP contribution in [-0.2, 0) is 4.79 Å². The molecule has 1 N–H and O–H groups in total. The lowest BCUT2D eigenvalue weighted by Crippen LogP contribution is -2.35. The van der Waals surface area contributed by atoms with Crippen molar-refractivity contribution in [2.45, 2.75) is 45.4 Å². The van der Waals surface area contributed by atoms with Crippen molar-refractivity contribution in [2.75, 3.05) is 0 Å². The number of unbranched alkanes of at least 4 members (excludes halogenated alkanes) is 4. The molecule has 0 aliphatic carbocycles. The fourth-order valence-electron chi connectivity index (χ4n) is 2.74. The van der Waals surface area contributed by atoms with E-state index in [1.165, 1.54) is 48.2 Å². The van der Waals surface area contributed by atoms with Gasteiger partial charge < -0.3 is 0 Å². The zero-order valence-corrected chi connectivity index (χ0v) is 15.5. The van der Waals surface area contributed by atoms with Gasteiger partial charge in [0.05, 0.1) is 5.57 Å². The van der Waals surface area contributed by atoms with Crippen molar-refractivity contribution >= 4 is 39.8 Å². The molecule has 0 unspecified atom stereocenters. The highest BCUT2D eigenvalue weighted by molar-refractivity contribution is 8.26. The number of carbonyl (C=O) groups is 1. The van der Waals surface area contributed by atoms with Crippen LogP contribution in [0.25, 0.3) is 6.08 Å². The van der Waals surface area contributed by atoms with Gasteiger partial charge in [0.2, 0.25) is 5.17 Å². The molecule has 0 saturated heterocycles. The highest BCUT2D eigenvalue weighted by Crippen LogP contribution is 2.30. The minimum atomic E-state index is -0.461. The van der Waals surface area contributed by atoms with Gasteiger partial charge in [-0.2, -0.15) is 15.1 Å². The molecular weight excluding hydrogens is 351 g/mol. The fraction of sp³-hybridized carbons (Fsp3) is 0.368. The summed E-state index contributed by atoms with van der Waals surface area (Å²) in [6.45, 7) is 2.19. The summed E-state index contributed by atoms with van der Waals surface area (Å²) in [5.41, 5.74) is 0.805. The van der Waals surface area contributed by atoms with Crippen molar-refractivity contribution in [1.82, 2.24) is 5.01 Å². The van der Waals surface area contributed by atoms with Crippen molar-refractivity contribution in [2.24, 2.45) is 10.1 Å². The Bertz CT molecular complexity index is 798. The van der Waals surface area contributed by atoms with E-state index in [0.717, 1.165) is 24.3 Å². The quantitative estimate of drug-likeness (QED) is 0.552. The normalized spacial score (nSPS) is 18.2. The number of thioether (sulfide) groups is 1. The molecule has 2 aliphatic heterocycles. The third kappa shape index (κ3) is 4.27. The predicted octanol–water partition coefficient (Wildman–Crippen LogP) is 4.81. The lowest BCUT2D eigenvalue weighted by atomic mass is 10.1. The van der Waals surface area contributed by atoms with Gasteiger partial charge in [-0.25, -0.2) is 4.39 Å². The van der Waals surface area contributed by atoms with Gasteiger partial charge in [0, 0.05) is 0 Å². The summed E-state index contributed by atoms with van der Waals surface area (Å²) in [7, 11) is 0. The van der Waals surface area contributed by atoms with Crippen LogP contribution in [0, 0.1) is 11.2 Å². The molecule has 5 nitrogen and oxygen atoms in total. The number of nitrogens with one attached hydrogen (secondary N) is 1. The number of hydrazone groups is 1. The zero-order chi connectivity index (χ0) is 18.5. The molecule has 0 bridgehead atoms. The summed E-state index contributed by atoms with van der Waals surface area (Å²) in [6, 6.07) is 5.76. The molecule has 0 atom stereocenters. The third-order valence-electron chi connectivity index (χ3n) is 4.17. The number of aliphatic imine (C=N–C) groups is 1. The standard InChI is InChI=1S/C19H21FN4OS/c1-2-3-4-5-6-7-16-23-24-17(21)15(18(25)22-19(24)26-16)12-13-8-10-14(20)11-9-13/h8-12,21H,2-7H2,1H3/b15-12+,21-17?. The largest absolute Gasteiger partial charge is 0.283 e. The molecule has 0 saturated carbocycles. The number of halogens is 1. The van der Waals surface area contributed by atoms with E-state index < -0.39 is 5.91 Å². The molecule has 3 rings (SSSR count). The first-order valence-corrected chi connectivity index (χ1v) is 9.65. The first-order chi connectivity index (χ1) is 12.6. The van der Waals surface area contributed by atoms with Crippen LogP contribution >= 0.6 is 11.8 Å². The van der Waals surface area contributed by atoms with E-state index in [-0.39, 0.29) is 17.2 Å². The summed E-state index contributed by atoms with van der Waals surface area (Å²) in [5, 5.41) is 15.5. The summed E-state index contributed by atoms with van der Waals surface area (Å²) >= 11 is 1.36. The number of hydrogen-bond acceptors (Lipinski definition) is 4. The van der Waals surface area contributed by atoms with Gasteiger partial charge in [0.15, 0.2) is 5.84 Å². The SMILES string of the molecule is CCCCCCCC1=NN2C(=N)/C(=C\c3ccc(F)cc3)C(=O)N=C2S1. The first kappa shape index (κ1) is 18.5. The maximum Gasteiger partial charge on any atom is 0.283 e. The van der Waals surface area contributed by atoms with Gasteiger partial charge >= 0.3 is 0 Å². The van der Waals surface area contributed by atoms with Gasteiger partial charge in [-0.15, -0.1) is 0 Å². The molecule has 136 valence electrons. The summed E-state index contributed by atoms with van der Waals surface area (Å²) < 4.78 is 13.0. The second kappa shape index (κ2) is 8.40. The van der Waals surface area contributed by atoms with E-state index in [9.17, 15) is 9.18 Å². The first-order valence-electron chi connectivity index (χ1n) is 8.83. The number of carbonyl (C=O) groups excluding carboxylic acids is 1. The number of hydrogen-bond donors (Lipinski definition) is 1. The Morgan fingerprint density at radius 3 is 2.65 bits per heavy atom. The van der Waals surface area contributed by atoms with Crippen LogP contribution in [0.1, 0.15) is 51.0 Å². The smallest absolute Gasteiger partial charge is 0.282 e. The van der Waals surface area contributed by atoms with E-state index in [4.69, 9.17) is 5.41 Å². The van der Waals surface area contributed by atoms with E-state index in [2.05, 4.69) is 17.0 Å². The molecule has 2 aliphatic rings. The van der Waals surface area contributed by atoms with Crippen molar-refractivity contribution in [3.05, 3.63) is 41.2 Å². The van der Waals surface area contributed by atoms with Gasteiger partial charge in [-0.1, -0.05) is 44.7 Å². The van der Waals surface area contributed by atoms with Gasteiger partial charge in [0.1, 0.15) is 10.9 Å². The van der Waals surface area contributed by atoms with Gasteiger partial charge in [0.25, 0.3) is 5.91 Å². The predicted molar refractivity (Wildman–Crippen MR) is 105 cm³/mol. The topological polar surface area (TPSA) is 68.9 Å². The molecule has 0 radical (unpaired) electrons. The van der Waals surface area contributed by atoms with Gasteiger partial charge in [-0.3, -0.25) is 10.2 Å². The lowest BCUT2D eigenvalue weighted by Gasteiger charge is -2.20. The number of fused-ring (bicyclic) bond motifs is 1. The number of amides is 1. The van der Waals surface area contributed by atoms with E-state index in [1.807, 2.05) is 0 Å². The molecule has 1 aromatic rings. The Hall–Kier alpha value is -2.28. The number of nitrogens with zero attached hydrogens (tertiary/aromatic N) is 3. The molecule has 26 heavy (non-hydrogen) atoms. The van der Waals surface area contributed by atoms with Crippen molar-refractivity contribution < 1.29 is 9.18 Å². The van der Waals surface area contributed by atoms with Crippen LogP contribution in [0.3, 0.4) is 0 Å². The van der Waals surface area contributed by atoms with Crippen LogP contribution < -0.4 is 0 Å². The van der Waals surface area contributed by atoms with Crippen LogP contribution in [0.2, 0.25) is 0 Å². The minimum Gasteiger partial charge on any atom is -0.282 e. The monoisotopic (exact) mass is 372 g/mol. The van der Waals surface area contributed by atoms with E-state index in [1.54, 1.807) is 18.2 Å². The highest BCUT2D eigenvalue weighted by atomic mass is 32.2. The average Bonchev–Trinajstić information content (AvgIpc) is 3.03. The average molecular weight is 372 g/mol. The molecule has 0 aromatic heterocycles. The fourth-order valence-corrected chi connectivity index (χ4v) is 3.66. The Labute approximate surface area is 156 Å². The van der Waals surface area contributed by atoms with Crippen molar-refractivity contribution in [3.63, 3.8) is 0 Å². The second-order valence-electron chi connectivity index (χ2n) is 6.23. The Morgan fingerprint density at radius 2 is 1.92 bits per heavy atom. The van der Waals surface area contributed by atoms with E-state index in [0.29, 0.717) is 10.7 Å². The number of rotatable bonds is 7. The van der Waals surface area contributed by atoms with Gasteiger partial charge in [-0.05, 0) is 48.4 Å². The highest BCUT2D eigenvalue weighted by Gasteiger charge is 2.35. The lowest BCUT2D eigenvalue weighted by molar-refractivity contribution is -0.114. The molecular formula is C19H21FN4OS. The molecule has 0 spiro atoms. The Morgan fingerprint density at radius 1 is 1.19 bits per heavy atom. The third-order valence-corrected chi connectivity index (χ3v) is 5.14. The van der Waals surface area contributed by atoms with Crippen LogP contribution in [-0.4, -0.2) is 27.0 Å². The van der Waals surface area contributed by atoms with Crippen molar-refractivity contribution in [3.8, 4) is 0 Å². The van der Waals surface area contributed by atoms with Crippen molar-refractivity contribution in [1.29, 1.82) is 5.41 Å². The Balaban J connectivity index is 1.70. The second-order valence-corrected chi connectivity index (χ2v) is 7.27. The summed E-state index contributed by atoms with van der Waals surface area (Å²) in [6.07, 6.45) is 8.27. The maximum atomic E-state index is 13.0. The maximum absolute atomic E-state index is 13.0. The molecule has 7 heteroatoms. The summed E-state index contributed by atoms with van der Waals surface area (Å²) in [5.74, 6) is -0.795. The molecule has 0 fully saturated rings. The molecule has 2 heterocycles. The Kier molecular flexibility index (Phi) is 5.98.